The van der Waals surface area contributed by atoms with Crippen LogP contribution in [0.2, 0.25) is 0 Å². The van der Waals surface area contributed by atoms with Crippen molar-refractivity contribution >= 4 is 51.1 Å². The van der Waals surface area contributed by atoms with Crippen LogP contribution < -0.4 is 3.53 Å². The third kappa shape index (κ3) is 7.37. The van der Waals surface area contributed by atoms with Crippen molar-refractivity contribution in [2.75, 3.05) is 12.3 Å². The summed E-state index contributed by atoms with van der Waals surface area (Å²) in [6.07, 6.45) is 0. The van der Waals surface area contributed by atoms with Crippen LogP contribution >= 0.6 is 44.1 Å². The summed E-state index contributed by atoms with van der Waals surface area (Å²) >= 11 is 3.34. The van der Waals surface area contributed by atoms with E-state index in [4.69, 9.17) is 0 Å². The summed E-state index contributed by atoms with van der Waals surface area (Å²) < 4.78 is 23.4. The third-order valence-electron chi connectivity index (χ3n) is 0.440. The third-order valence-corrected chi connectivity index (χ3v) is 2.99. The van der Waals surface area contributed by atoms with Crippen LogP contribution in [0.1, 0.15) is 0 Å². The van der Waals surface area contributed by atoms with Crippen LogP contribution in [0, 0.1) is 0 Å². The van der Waals surface area contributed by atoms with Crippen LogP contribution in [-0.2, 0) is 7.01 Å². The molecular formula is C2H5I2NO2S. The van der Waals surface area contributed by atoms with Gasteiger partial charge in [0.05, 0.1) is 27.0 Å². The standard InChI is InChI=1S/C2H5I2NO2S/c3-5-1-2-8(4,6)7/h5H,1-2H2. The van der Waals surface area contributed by atoms with E-state index in [9.17, 15) is 8.42 Å². The van der Waals surface area contributed by atoms with Crippen molar-refractivity contribution < 1.29 is 8.42 Å². The van der Waals surface area contributed by atoms with E-state index in [1.54, 1.807) is 0 Å². The quantitative estimate of drug-likeness (QED) is 0.457. The van der Waals surface area contributed by atoms with Gasteiger partial charge in [0.25, 0.3) is 0 Å². The second-order valence-corrected chi connectivity index (χ2v) is 7.40. The van der Waals surface area contributed by atoms with Gasteiger partial charge in [-0.3, -0.25) is 3.53 Å². The van der Waals surface area contributed by atoms with E-state index in [0.29, 0.717) is 6.54 Å². The molecule has 0 aliphatic carbocycles. The predicted molar refractivity (Wildman–Crippen MR) is 49.8 cm³/mol. The number of rotatable bonds is 3. The molecule has 0 heterocycles. The predicted octanol–water partition coefficient (Wildman–Crippen LogP) is 0.691. The van der Waals surface area contributed by atoms with Gasteiger partial charge in [-0.05, 0) is 0 Å². The Labute approximate surface area is 74.6 Å². The van der Waals surface area contributed by atoms with Gasteiger partial charge in [-0.25, -0.2) is 8.42 Å². The zero-order valence-corrected chi connectivity index (χ0v) is 9.03. The fraction of sp³-hybridized carbons (Fsp3) is 1.00. The molecule has 0 saturated heterocycles. The Kier molecular flexibility index (Phi) is 4.95. The average molecular weight is 361 g/mol. The topological polar surface area (TPSA) is 46.2 Å². The Balaban J connectivity index is 3.42. The molecule has 0 aromatic carbocycles. The van der Waals surface area contributed by atoms with Gasteiger partial charge in [0.1, 0.15) is 0 Å². The van der Waals surface area contributed by atoms with Gasteiger partial charge in [-0.15, -0.1) is 0 Å². The fourth-order valence-corrected chi connectivity index (χ4v) is 1.80. The second-order valence-electron chi connectivity index (χ2n) is 1.13. The second kappa shape index (κ2) is 4.23. The first kappa shape index (κ1) is 9.37. The van der Waals surface area contributed by atoms with Gasteiger partial charge in [0.15, 0.2) is 0 Å². The molecule has 0 rings (SSSR count). The maximum atomic E-state index is 10.3. The summed E-state index contributed by atoms with van der Waals surface area (Å²) in [4.78, 5) is 0. The zero-order valence-electron chi connectivity index (χ0n) is 3.89. The lowest BCUT2D eigenvalue weighted by atomic mass is 10.8. The van der Waals surface area contributed by atoms with Gasteiger partial charge < -0.3 is 0 Å². The van der Waals surface area contributed by atoms with Crippen molar-refractivity contribution in [3.8, 4) is 0 Å². The zero-order chi connectivity index (χ0) is 6.62. The summed E-state index contributed by atoms with van der Waals surface area (Å²) in [6.45, 7) is 0.520. The molecule has 0 fully saturated rings. The van der Waals surface area contributed by atoms with Gasteiger partial charge in [0, 0.05) is 29.4 Å². The molecule has 0 bridgehead atoms. The van der Waals surface area contributed by atoms with E-state index in [-0.39, 0.29) is 5.75 Å². The van der Waals surface area contributed by atoms with Crippen molar-refractivity contribution in [1.82, 2.24) is 3.53 Å². The molecule has 0 aromatic heterocycles. The van der Waals surface area contributed by atoms with Gasteiger partial charge in [-0.1, -0.05) is 0 Å². The first-order valence-electron chi connectivity index (χ1n) is 1.82. The SMILES string of the molecule is O=S(=O)(I)CCNI. The fourth-order valence-electron chi connectivity index (χ4n) is 0.160. The highest BCUT2D eigenvalue weighted by Crippen LogP contribution is 1.98. The van der Waals surface area contributed by atoms with E-state index in [0.717, 1.165) is 0 Å². The van der Waals surface area contributed by atoms with E-state index < -0.39 is 7.01 Å². The van der Waals surface area contributed by atoms with Crippen LogP contribution in [0.15, 0.2) is 0 Å². The number of hydrogen-bond donors (Lipinski definition) is 1. The largest absolute Gasteiger partial charge is 0.260 e. The molecule has 0 atom stereocenters. The number of hydrogen-bond acceptors (Lipinski definition) is 3. The Hall–Kier alpha value is 1.37. The Bertz CT molecular complexity index is 142. The van der Waals surface area contributed by atoms with Gasteiger partial charge in [-0.2, -0.15) is 0 Å². The molecule has 0 aliphatic heterocycles. The maximum Gasteiger partial charge on any atom is 0.204 e. The number of nitrogens with one attached hydrogen (secondary N) is 1. The molecular weight excluding hydrogens is 356 g/mol. The van der Waals surface area contributed by atoms with E-state index in [1.807, 2.05) is 22.9 Å². The van der Waals surface area contributed by atoms with Crippen molar-refractivity contribution in [2.45, 2.75) is 0 Å². The lowest BCUT2D eigenvalue weighted by Crippen LogP contribution is -2.10. The molecule has 0 spiro atoms. The molecule has 0 aromatic rings. The average Bonchev–Trinajstić information content (AvgIpc) is 1.59. The molecule has 3 nitrogen and oxygen atoms in total. The summed E-state index contributed by atoms with van der Waals surface area (Å²) in [5.41, 5.74) is 0. The summed E-state index contributed by atoms with van der Waals surface area (Å²) in [5.74, 6) is 0.205. The Morgan fingerprint density at radius 2 is 2.00 bits per heavy atom. The van der Waals surface area contributed by atoms with Crippen molar-refractivity contribution in [2.24, 2.45) is 0 Å². The van der Waals surface area contributed by atoms with E-state index >= 15 is 0 Å². The minimum absolute atomic E-state index is 0.205. The molecule has 50 valence electrons. The first-order valence-corrected chi connectivity index (χ1v) is 7.09. The summed E-state index contributed by atoms with van der Waals surface area (Å²) in [7, 11) is -2.78. The van der Waals surface area contributed by atoms with Crippen LogP contribution in [0.3, 0.4) is 0 Å². The van der Waals surface area contributed by atoms with Crippen molar-refractivity contribution in [1.29, 1.82) is 0 Å². The lowest BCUT2D eigenvalue weighted by molar-refractivity contribution is 0.612. The van der Waals surface area contributed by atoms with E-state index in [2.05, 4.69) is 3.53 Å². The molecule has 0 amide bonds. The highest BCUT2D eigenvalue weighted by Gasteiger charge is 2.00. The highest BCUT2D eigenvalue weighted by molar-refractivity contribution is 14.2. The molecule has 0 unspecified atom stereocenters. The maximum absolute atomic E-state index is 10.3. The minimum atomic E-state index is -2.78. The Morgan fingerprint density at radius 3 is 2.12 bits per heavy atom. The lowest BCUT2D eigenvalue weighted by Gasteiger charge is -1.90. The first-order chi connectivity index (χ1) is 3.56. The summed E-state index contributed by atoms with van der Waals surface area (Å²) in [5, 5.41) is 0. The van der Waals surface area contributed by atoms with Crippen LogP contribution in [0.25, 0.3) is 0 Å². The van der Waals surface area contributed by atoms with E-state index in [1.165, 1.54) is 21.2 Å². The molecule has 6 heteroatoms. The Morgan fingerprint density at radius 1 is 1.50 bits per heavy atom. The van der Waals surface area contributed by atoms with Crippen LogP contribution in [-0.4, -0.2) is 20.7 Å². The van der Waals surface area contributed by atoms with Crippen LogP contribution in [0.5, 0.6) is 0 Å². The highest BCUT2D eigenvalue weighted by atomic mass is 127. The van der Waals surface area contributed by atoms with Crippen molar-refractivity contribution in [3.05, 3.63) is 0 Å². The molecule has 0 aliphatic rings. The molecule has 1 N–H and O–H groups in total. The molecule has 0 saturated carbocycles. The molecule has 8 heavy (non-hydrogen) atoms. The summed E-state index contributed by atoms with van der Waals surface area (Å²) in [6, 6.07) is 0. The van der Waals surface area contributed by atoms with Crippen LogP contribution in [0.4, 0.5) is 0 Å². The van der Waals surface area contributed by atoms with Crippen molar-refractivity contribution in [3.63, 3.8) is 0 Å². The van der Waals surface area contributed by atoms with Gasteiger partial charge >= 0.3 is 0 Å². The van der Waals surface area contributed by atoms with Gasteiger partial charge in [0.2, 0.25) is 7.01 Å². The normalized spacial score (nSPS) is 11.8. The molecule has 0 radical (unpaired) electrons. The number of halogens is 2. The monoisotopic (exact) mass is 361 g/mol. The minimum Gasteiger partial charge on any atom is -0.260 e. The smallest absolute Gasteiger partial charge is 0.204 e.